The monoisotopic (exact) mass is 223 g/mol. The van der Waals surface area contributed by atoms with Gasteiger partial charge in [0.1, 0.15) is 0 Å². The highest BCUT2D eigenvalue weighted by molar-refractivity contribution is 5.43. The molecule has 1 rings (SSSR count). The number of unbranched alkanes of at least 4 members (excludes halogenated alkanes) is 1. The molecule has 0 heterocycles. The fourth-order valence-corrected chi connectivity index (χ4v) is 1.59. The van der Waals surface area contributed by atoms with Crippen LogP contribution in [0.15, 0.2) is 18.2 Å². The maximum atomic E-state index is 10.7. The van der Waals surface area contributed by atoms with Crippen molar-refractivity contribution in [3.05, 3.63) is 39.4 Å². The minimum atomic E-state index is -0.598. The molecule has 0 aliphatic rings. The minimum absolute atomic E-state index is 0.0769. The Bertz CT molecular complexity index is 377. The molecule has 1 aromatic carbocycles. The van der Waals surface area contributed by atoms with E-state index in [1.165, 1.54) is 6.07 Å². The van der Waals surface area contributed by atoms with Gasteiger partial charge in [0.2, 0.25) is 0 Å². The fraction of sp³-hybridized carbons (Fsp3) is 0.500. The van der Waals surface area contributed by atoms with E-state index in [4.69, 9.17) is 0 Å². The number of nitrogens with zero attached hydrogens (tertiary/aromatic N) is 1. The Morgan fingerprint density at radius 1 is 1.50 bits per heavy atom. The second-order valence-corrected chi connectivity index (χ2v) is 3.96. The van der Waals surface area contributed by atoms with Crippen molar-refractivity contribution in [2.24, 2.45) is 0 Å². The predicted molar refractivity (Wildman–Crippen MR) is 62.3 cm³/mol. The molecule has 16 heavy (non-hydrogen) atoms. The molecule has 0 amide bonds. The van der Waals surface area contributed by atoms with Crippen molar-refractivity contribution in [1.82, 2.24) is 0 Å². The van der Waals surface area contributed by atoms with Crippen molar-refractivity contribution < 1.29 is 10.0 Å². The van der Waals surface area contributed by atoms with E-state index in [0.717, 1.165) is 12.8 Å². The zero-order valence-electron chi connectivity index (χ0n) is 9.64. The molecule has 0 saturated heterocycles. The molecular formula is C12H17NO3. The van der Waals surface area contributed by atoms with Gasteiger partial charge < -0.3 is 5.11 Å². The van der Waals surface area contributed by atoms with Gasteiger partial charge in [0.25, 0.3) is 5.69 Å². The van der Waals surface area contributed by atoms with Gasteiger partial charge in [0.05, 0.1) is 11.0 Å². The molecular weight excluding hydrogens is 206 g/mol. The number of nitro groups is 1. The van der Waals surface area contributed by atoms with Crippen LogP contribution in [-0.2, 0) is 0 Å². The topological polar surface area (TPSA) is 63.4 Å². The van der Waals surface area contributed by atoms with Gasteiger partial charge in [-0.2, -0.15) is 0 Å². The molecule has 0 fully saturated rings. The summed E-state index contributed by atoms with van der Waals surface area (Å²) in [4.78, 5) is 10.3. The van der Waals surface area contributed by atoms with Crippen molar-refractivity contribution >= 4 is 5.69 Å². The first-order valence-electron chi connectivity index (χ1n) is 5.49. The van der Waals surface area contributed by atoms with Gasteiger partial charge in [-0.25, -0.2) is 0 Å². The summed E-state index contributed by atoms with van der Waals surface area (Å²) in [6, 6.07) is 4.90. The summed E-state index contributed by atoms with van der Waals surface area (Å²) < 4.78 is 0. The molecule has 0 aliphatic carbocycles. The van der Waals surface area contributed by atoms with Gasteiger partial charge in [0, 0.05) is 11.6 Å². The minimum Gasteiger partial charge on any atom is -0.388 e. The number of hydrogen-bond donors (Lipinski definition) is 1. The first-order valence-corrected chi connectivity index (χ1v) is 5.49. The molecule has 1 unspecified atom stereocenters. The number of hydrogen-bond acceptors (Lipinski definition) is 3. The number of aliphatic hydroxyl groups is 1. The highest BCUT2D eigenvalue weighted by Gasteiger charge is 2.14. The molecule has 1 aromatic rings. The van der Waals surface area contributed by atoms with Gasteiger partial charge in [-0.3, -0.25) is 10.1 Å². The van der Waals surface area contributed by atoms with Crippen LogP contribution in [0.1, 0.15) is 43.4 Å². The van der Waals surface area contributed by atoms with E-state index >= 15 is 0 Å². The van der Waals surface area contributed by atoms with E-state index in [1.807, 2.05) is 6.92 Å². The van der Waals surface area contributed by atoms with Gasteiger partial charge in [-0.05, 0) is 18.9 Å². The third-order valence-electron chi connectivity index (χ3n) is 2.65. The molecule has 0 radical (unpaired) electrons. The Hall–Kier alpha value is -1.42. The Balaban J connectivity index is 2.89. The van der Waals surface area contributed by atoms with Crippen molar-refractivity contribution in [1.29, 1.82) is 0 Å². The van der Waals surface area contributed by atoms with Crippen molar-refractivity contribution in [3.8, 4) is 0 Å². The van der Waals surface area contributed by atoms with Crippen LogP contribution in [0.4, 0.5) is 5.69 Å². The molecule has 1 N–H and O–H groups in total. The summed E-state index contributed by atoms with van der Waals surface area (Å²) in [5.41, 5.74) is 1.33. The lowest BCUT2D eigenvalue weighted by Gasteiger charge is -2.10. The Labute approximate surface area is 95.1 Å². The smallest absolute Gasteiger partial charge is 0.272 e. The lowest BCUT2D eigenvalue weighted by atomic mass is 10.0. The van der Waals surface area contributed by atoms with Crippen LogP contribution in [0.2, 0.25) is 0 Å². The van der Waals surface area contributed by atoms with Gasteiger partial charge in [0.15, 0.2) is 0 Å². The van der Waals surface area contributed by atoms with E-state index in [0.29, 0.717) is 17.5 Å². The van der Waals surface area contributed by atoms with Crippen LogP contribution in [0.3, 0.4) is 0 Å². The number of rotatable bonds is 5. The molecule has 0 saturated carbocycles. The number of aryl methyl sites for hydroxylation is 1. The van der Waals surface area contributed by atoms with E-state index in [1.54, 1.807) is 19.1 Å². The molecule has 1 atom stereocenters. The van der Waals surface area contributed by atoms with E-state index in [-0.39, 0.29) is 5.69 Å². The lowest BCUT2D eigenvalue weighted by Crippen LogP contribution is -2.00. The van der Waals surface area contributed by atoms with Crippen LogP contribution >= 0.6 is 0 Å². The lowest BCUT2D eigenvalue weighted by molar-refractivity contribution is -0.385. The highest BCUT2D eigenvalue weighted by Crippen LogP contribution is 2.25. The molecule has 0 aromatic heterocycles. The predicted octanol–water partition coefficient (Wildman–Crippen LogP) is 3.13. The van der Waals surface area contributed by atoms with Crippen LogP contribution in [0, 0.1) is 17.0 Å². The van der Waals surface area contributed by atoms with Crippen molar-refractivity contribution in [3.63, 3.8) is 0 Å². The molecule has 0 bridgehead atoms. The highest BCUT2D eigenvalue weighted by atomic mass is 16.6. The van der Waals surface area contributed by atoms with Crippen molar-refractivity contribution in [2.45, 2.75) is 39.2 Å². The second kappa shape index (κ2) is 5.61. The zero-order chi connectivity index (χ0) is 12.1. The quantitative estimate of drug-likeness (QED) is 0.616. The normalized spacial score (nSPS) is 12.4. The Kier molecular flexibility index (Phi) is 4.43. The largest absolute Gasteiger partial charge is 0.388 e. The van der Waals surface area contributed by atoms with Crippen molar-refractivity contribution in [2.75, 3.05) is 0 Å². The van der Waals surface area contributed by atoms with Gasteiger partial charge in [-0.15, -0.1) is 0 Å². The van der Waals surface area contributed by atoms with Crippen LogP contribution in [0.25, 0.3) is 0 Å². The van der Waals surface area contributed by atoms with Crippen LogP contribution < -0.4 is 0 Å². The summed E-state index contributed by atoms with van der Waals surface area (Å²) in [6.45, 7) is 3.74. The standard InChI is InChI=1S/C12H17NO3/c1-3-4-5-12(14)10-7-6-9(2)11(8-10)13(15)16/h6-8,12,14H,3-5H2,1-2H3. The van der Waals surface area contributed by atoms with Crippen LogP contribution in [-0.4, -0.2) is 10.0 Å². The van der Waals surface area contributed by atoms with E-state index in [2.05, 4.69) is 0 Å². The molecule has 0 spiro atoms. The summed E-state index contributed by atoms with van der Waals surface area (Å²) >= 11 is 0. The maximum absolute atomic E-state index is 10.7. The van der Waals surface area contributed by atoms with Gasteiger partial charge >= 0.3 is 0 Å². The summed E-state index contributed by atoms with van der Waals surface area (Å²) in [6.07, 6.45) is 1.98. The number of benzene rings is 1. The second-order valence-electron chi connectivity index (χ2n) is 3.96. The average Bonchev–Trinajstić information content (AvgIpc) is 2.26. The first kappa shape index (κ1) is 12.6. The third-order valence-corrected chi connectivity index (χ3v) is 2.65. The Morgan fingerprint density at radius 3 is 2.75 bits per heavy atom. The van der Waals surface area contributed by atoms with E-state index < -0.39 is 11.0 Å². The van der Waals surface area contributed by atoms with Crippen LogP contribution in [0.5, 0.6) is 0 Å². The maximum Gasteiger partial charge on any atom is 0.272 e. The fourth-order valence-electron chi connectivity index (χ4n) is 1.59. The molecule has 4 heteroatoms. The zero-order valence-corrected chi connectivity index (χ0v) is 9.64. The first-order chi connectivity index (χ1) is 7.56. The van der Waals surface area contributed by atoms with E-state index in [9.17, 15) is 15.2 Å². The molecule has 0 aliphatic heterocycles. The molecule has 4 nitrogen and oxygen atoms in total. The summed E-state index contributed by atoms with van der Waals surface area (Å²) in [7, 11) is 0. The Morgan fingerprint density at radius 2 is 2.19 bits per heavy atom. The number of nitro benzene ring substituents is 1. The molecule has 88 valence electrons. The summed E-state index contributed by atoms with van der Waals surface area (Å²) in [5.74, 6) is 0. The third kappa shape index (κ3) is 3.03. The SMILES string of the molecule is CCCCC(O)c1ccc(C)c([N+](=O)[O-])c1. The van der Waals surface area contributed by atoms with Gasteiger partial charge in [-0.1, -0.05) is 31.9 Å². The average molecular weight is 223 g/mol. The summed E-state index contributed by atoms with van der Waals surface area (Å²) in [5, 5.41) is 20.6. The number of aliphatic hydroxyl groups excluding tert-OH is 1.